The molecule has 0 unspecified atom stereocenters. The first-order valence-electron chi connectivity index (χ1n) is 9.03. The Morgan fingerprint density at radius 2 is 1.90 bits per heavy atom. The van der Waals surface area contributed by atoms with Gasteiger partial charge in [-0.25, -0.2) is 9.37 Å². The normalized spacial score (nSPS) is 12.1. The third kappa shape index (κ3) is 3.60. The van der Waals surface area contributed by atoms with Crippen LogP contribution in [0.15, 0.2) is 61.2 Å². The van der Waals surface area contributed by atoms with Crippen molar-refractivity contribution >= 4 is 0 Å². The Hall–Kier alpha value is -4.14. The van der Waals surface area contributed by atoms with Crippen LogP contribution >= 0.6 is 0 Å². The van der Waals surface area contributed by atoms with E-state index in [2.05, 4.69) is 15.0 Å². The molecule has 30 heavy (non-hydrogen) atoms. The average molecular weight is 406 g/mol. The minimum Gasteiger partial charge on any atom is -0.454 e. The summed E-state index contributed by atoms with van der Waals surface area (Å²) in [6.45, 7) is 1.94. The summed E-state index contributed by atoms with van der Waals surface area (Å²) in [4.78, 5) is 12.4. The molecule has 0 atom stereocenters. The fourth-order valence-corrected chi connectivity index (χ4v) is 2.92. The van der Waals surface area contributed by atoms with Crippen LogP contribution < -0.4 is 18.9 Å². The van der Waals surface area contributed by atoms with Crippen molar-refractivity contribution in [2.75, 3.05) is 6.79 Å². The van der Waals surface area contributed by atoms with Crippen LogP contribution in [0.25, 0.3) is 5.69 Å². The van der Waals surface area contributed by atoms with Crippen molar-refractivity contribution in [2.45, 2.75) is 6.92 Å². The highest BCUT2D eigenvalue weighted by molar-refractivity contribution is 5.47. The Morgan fingerprint density at radius 1 is 1.00 bits per heavy atom. The molecule has 2 aromatic heterocycles. The molecule has 0 saturated heterocycles. The molecule has 0 bridgehead atoms. The third-order valence-electron chi connectivity index (χ3n) is 4.30. The van der Waals surface area contributed by atoms with Crippen LogP contribution in [-0.4, -0.2) is 26.3 Å². The Morgan fingerprint density at radius 3 is 2.73 bits per heavy atom. The summed E-state index contributed by atoms with van der Waals surface area (Å²) in [5.74, 6) is 1.46. The summed E-state index contributed by atoms with van der Waals surface area (Å²) in [7, 11) is 0. The van der Waals surface area contributed by atoms with E-state index in [1.54, 1.807) is 60.5 Å². The van der Waals surface area contributed by atoms with Crippen LogP contribution in [0.2, 0.25) is 0 Å². The lowest BCUT2D eigenvalue weighted by molar-refractivity contribution is 0.174. The minimum absolute atomic E-state index is 0.00139. The molecule has 0 radical (unpaired) electrons. The molecule has 0 N–H and O–H groups in total. The number of ether oxygens (including phenoxy) is 4. The SMILES string of the molecule is Cc1cc(Oc2ccc3c(c2)OCO3)nc(Oc2ccc(-n3ccnc3)cc2F)n1. The number of nitrogens with zero attached hydrogens (tertiary/aromatic N) is 4. The summed E-state index contributed by atoms with van der Waals surface area (Å²) < 4.78 is 38.2. The van der Waals surface area contributed by atoms with Gasteiger partial charge in [0.2, 0.25) is 12.7 Å². The summed E-state index contributed by atoms with van der Waals surface area (Å²) in [6.07, 6.45) is 4.92. The molecule has 0 amide bonds. The number of imidazole rings is 1. The van der Waals surface area contributed by atoms with E-state index in [1.807, 2.05) is 0 Å². The van der Waals surface area contributed by atoms with E-state index in [0.29, 0.717) is 28.6 Å². The number of aromatic nitrogens is 4. The van der Waals surface area contributed by atoms with Crippen molar-refractivity contribution in [3.8, 4) is 40.6 Å². The molecule has 3 heterocycles. The highest BCUT2D eigenvalue weighted by Crippen LogP contribution is 2.36. The maximum Gasteiger partial charge on any atom is 0.325 e. The van der Waals surface area contributed by atoms with Crippen molar-refractivity contribution in [3.63, 3.8) is 0 Å². The predicted octanol–water partition coefficient (Wildman–Crippen LogP) is 4.42. The van der Waals surface area contributed by atoms with Crippen molar-refractivity contribution in [3.05, 3.63) is 72.7 Å². The number of halogens is 1. The predicted molar refractivity (Wildman–Crippen MR) is 103 cm³/mol. The molecule has 8 nitrogen and oxygen atoms in total. The van der Waals surface area contributed by atoms with E-state index in [9.17, 15) is 4.39 Å². The van der Waals surface area contributed by atoms with E-state index < -0.39 is 5.82 Å². The van der Waals surface area contributed by atoms with Crippen LogP contribution in [0, 0.1) is 12.7 Å². The number of rotatable bonds is 5. The molecule has 0 aliphatic carbocycles. The zero-order valence-electron chi connectivity index (χ0n) is 15.8. The van der Waals surface area contributed by atoms with Gasteiger partial charge in [-0.15, -0.1) is 0 Å². The van der Waals surface area contributed by atoms with E-state index >= 15 is 0 Å². The topological polar surface area (TPSA) is 80.5 Å². The van der Waals surface area contributed by atoms with E-state index in [-0.39, 0.29) is 24.4 Å². The molecular weight excluding hydrogens is 391 g/mol. The fraction of sp³-hybridized carbons (Fsp3) is 0.0952. The molecule has 5 rings (SSSR count). The van der Waals surface area contributed by atoms with Gasteiger partial charge in [0.15, 0.2) is 23.1 Å². The summed E-state index contributed by atoms with van der Waals surface area (Å²) in [5, 5.41) is 0. The molecule has 0 spiro atoms. The van der Waals surface area contributed by atoms with Gasteiger partial charge >= 0.3 is 6.01 Å². The second-order valence-electron chi connectivity index (χ2n) is 6.43. The number of hydrogen-bond donors (Lipinski definition) is 0. The molecule has 150 valence electrons. The van der Waals surface area contributed by atoms with Crippen molar-refractivity contribution in [2.24, 2.45) is 0 Å². The fourth-order valence-electron chi connectivity index (χ4n) is 2.92. The zero-order valence-corrected chi connectivity index (χ0v) is 15.8. The molecule has 0 fully saturated rings. The van der Waals surface area contributed by atoms with Gasteiger partial charge in [0.25, 0.3) is 0 Å². The monoisotopic (exact) mass is 406 g/mol. The van der Waals surface area contributed by atoms with Crippen molar-refractivity contribution in [1.29, 1.82) is 0 Å². The molecule has 4 aromatic rings. The quantitative estimate of drug-likeness (QED) is 0.485. The Kier molecular flexibility index (Phi) is 4.40. The highest BCUT2D eigenvalue weighted by Gasteiger charge is 2.15. The summed E-state index contributed by atoms with van der Waals surface area (Å²) in [6, 6.07) is 11.4. The highest BCUT2D eigenvalue weighted by atomic mass is 19.1. The maximum absolute atomic E-state index is 14.5. The van der Waals surface area contributed by atoms with Crippen LogP contribution in [0.1, 0.15) is 5.69 Å². The maximum atomic E-state index is 14.5. The molecule has 1 aliphatic heterocycles. The van der Waals surface area contributed by atoms with Gasteiger partial charge in [-0.05, 0) is 31.2 Å². The second-order valence-corrected chi connectivity index (χ2v) is 6.43. The first-order chi connectivity index (χ1) is 14.6. The van der Waals surface area contributed by atoms with Crippen LogP contribution in [-0.2, 0) is 0 Å². The minimum atomic E-state index is -0.551. The first kappa shape index (κ1) is 17.9. The summed E-state index contributed by atoms with van der Waals surface area (Å²) in [5.41, 5.74) is 1.22. The van der Waals surface area contributed by atoms with Crippen molar-refractivity contribution in [1.82, 2.24) is 19.5 Å². The lowest BCUT2D eigenvalue weighted by Gasteiger charge is -2.10. The van der Waals surface area contributed by atoms with Crippen molar-refractivity contribution < 1.29 is 23.3 Å². The molecule has 0 saturated carbocycles. The van der Waals surface area contributed by atoms with Gasteiger partial charge in [-0.3, -0.25) is 0 Å². The zero-order chi connectivity index (χ0) is 20.5. The van der Waals surface area contributed by atoms with Gasteiger partial charge in [0.05, 0.1) is 6.33 Å². The molecule has 2 aromatic carbocycles. The van der Waals surface area contributed by atoms with Crippen LogP contribution in [0.4, 0.5) is 4.39 Å². The standard InChI is InChI=1S/C21H15FN4O4/c1-13-8-20(29-15-3-5-18-19(10-15)28-12-27-18)25-21(24-13)30-17-4-2-14(9-16(17)22)26-7-6-23-11-26/h2-11H,12H2,1H3. The molecular formula is C21H15FN4O4. The average Bonchev–Trinajstić information content (AvgIpc) is 3.40. The first-order valence-corrected chi connectivity index (χ1v) is 9.03. The lowest BCUT2D eigenvalue weighted by Crippen LogP contribution is -1.99. The smallest absolute Gasteiger partial charge is 0.325 e. The lowest BCUT2D eigenvalue weighted by atomic mass is 10.3. The number of hydrogen-bond acceptors (Lipinski definition) is 7. The third-order valence-corrected chi connectivity index (χ3v) is 4.30. The van der Waals surface area contributed by atoms with Crippen LogP contribution in [0.3, 0.4) is 0 Å². The Balaban J connectivity index is 1.37. The second kappa shape index (κ2) is 7.36. The van der Waals surface area contributed by atoms with Gasteiger partial charge in [-0.1, -0.05) is 0 Å². The van der Waals surface area contributed by atoms with E-state index in [1.165, 1.54) is 12.1 Å². The van der Waals surface area contributed by atoms with Gasteiger partial charge in [-0.2, -0.15) is 9.97 Å². The summed E-state index contributed by atoms with van der Waals surface area (Å²) >= 11 is 0. The van der Waals surface area contributed by atoms with E-state index in [0.717, 1.165) is 0 Å². The van der Waals surface area contributed by atoms with E-state index in [4.69, 9.17) is 18.9 Å². The number of benzene rings is 2. The van der Waals surface area contributed by atoms with Gasteiger partial charge in [0.1, 0.15) is 5.75 Å². The molecule has 1 aliphatic rings. The number of aryl methyl sites for hydroxylation is 1. The van der Waals surface area contributed by atoms with Gasteiger partial charge < -0.3 is 23.5 Å². The Bertz CT molecular complexity index is 1210. The molecule has 9 heteroatoms. The Labute approximate surface area is 170 Å². The van der Waals surface area contributed by atoms with Crippen LogP contribution in [0.5, 0.6) is 34.9 Å². The largest absolute Gasteiger partial charge is 0.454 e. The number of fused-ring (bicyclic) bond motifs is 1. The van der Waals surface area contributed by atoms with Gasteiger partial charge in [0, 0.05) is 42.0 Å².